The predicted octanol–water partition coefficient (Wildman–Crippen LogP) is 1.69. The Morgan fingerprint density at radius 2 is 1.91 bits per heavy atom. The van der Waals surface area contributed by atoms with Gasteiger partial charge in [-0.2, -0.15) is 0 Å². The lowest BCUT2D eigenvalue weighted by Crippen LogP contribution is -1.97. The maximum absolute atomic E-state index is 8.64. The van der Waals surface area contributed by atoms with E-state index in [4.69, 9.17) is 10.9 Å². The molecule has 1 aromatic carbocycles. The fraction of sp³-hybridized carbons (Fsp3) is 0.250. The van der Waals surface area contributed by atoms with Gasteiger partial charge in [-0.05, 0) is 37.1 Å². The maximum Gasteiger partial charge on any atom is 0.0635 e. The molecule has 60 valence electrons. The minimum absolute atomic E-state index is 0.705. The number of rotatable bonds is 1. The molecular formula is C8H12N2O. The van der Waals surface area contributed by atoms with E-state index in [9.17, 15) is 0 Å². The Morgan fingerprint density at radius 1 is 1.27 bits per heavy atom. The van der Waals surface area contributed by atoms with E-state index in [1.165, 1.54) is 0 Å². The molecule has 4 N–H and O–H groups in total. The van der Waals surface area contributed by atoms with Crippen LogP contribution in [0.25, 0.3) is 0 Å². The molecule has 11 heavy (non-hydrogen) atoms. The second-order valence-electron chi connectivity index (χ2n) is 2.56. The molecule has 1 aromatic rings. The molecule has 3 nitrogen and oxygen atoms in total. The highest BCUT2D eigenvalue weighted by Gasteiger charge is 2.01. The molecule has 0 aliphatic carbocycles. The number of nitrogens with one attached hydrogen (secondary N) is 1. The summed E-state index contributed by atoms with van der Waals surface area (Å²) in [7, 11) is 0. The normalized spacial score (nSPS) is 9.73. The lowest BCUT2D eigenvalue weighted by atomic mass is 10.1. The molecule has 0 spiro atoms. The van der Waals surface area contributed by atoms with Crippen molar-refractivity contribution in [3.05, 3.63) is 23.3 Å². The number of benzene rings is 1. The van der Waals surface area contributed by atoms with E-state index < -0.39 is 0 Å². The van der Waals surface area contributed by atoms with Crippen molar-refractivity contribution in [1.82, 2.24) is 0 Å². The van der Waals surface area contributed by atoms with Crippen molar-refractivity contribution in [2.24, 2.45) is 0 Å². The summed E-state index contributed by atoms with van der Waals surface area (Å²) in [6.07, 6.45) is 0. The zero-order chi connectivity index (χ0) is 8.43. The fourth-order valence-electron chi connectivity index (χ4n) is 0.963. The van der Waals surface area contributed by atoms with Gasteiger partial charge in [0.1, 0.15) is 0 Å². The first-order chi connectivity index (χ1) is 5.16. The molecule has 0 fully saturated rings. The summed E-state index contributed by atoms with van der Waals surface area (Å²) < 4.78 is 0. The summed E-state index contributed by atoms with van der Waals surface area (Å²) in [5.41, 5.74) is 11.2. The van der Waals surface area contributed by atoms with Crippen LogP contribution in [-0.4, -0.2) is 5.21 Å². The molecule has 0 saturated carbocycles. The molecule has 0 aliphatic heterocycles. The van der Waals surface area contributed by atoms with Crippen LogP contribution in [0.1, 0.15) is 11.1 Å². The van der Waals surface area contributed by atoms with E-state index >= 15 is 0 Å². The number of hydrogen-bond acceptors (Lipinski definition) is 3. The second kappa shape index (κ2) is 2.80. The van der Waals surface area contributed by atoms with Gasteiger partial charge in [0, 0.05) is 5.69 Å². The van der Waals surface area contributed by atoms with Crippen LogP contribution in [0.3, 0.4) is 0 Å². The van der Waals surface area contributed by atoms with Crippen LogP contribution in [0, 0.1) is 13.8 Å². The molecule has 1 rings (SSSR count). The average Bonchev–Trinajstić information content (AvgIpc) is 2.01. The number of hydrogen-bond donors (Lipinski definition) is 3. The molecule has 0 saturated heterocycles. The largest absolute Gasteiger partial charge is 0.399 e. The van der Waals surface area contributed by atoms with Gasteiger partial charge < -0.3 is 5.73 Å². The molecule has 0 atom stereocenters. The van der Waals surface area contributed by atoms with E-state index in [1.807, 2.05) is 13.8 Å². The number of nitrogens with two attached hydrogens (primary N) is 1. The van der Waals surface area contributed by atoms with Gasteiger partial charge in [-0.1, -0.05) is 0 Å². The summed E-state index contributed by atoms with van der Waals surface area (Å²) >= 11 is 0. The van der Waals surface area contributed by atoms with Crippen LogP contribution in [0.15, 0.2) is 12.1 Å². The monoisotopic (exact) mass is 152 g/mol. The molecule has 3 heteroatoms. The number of anilines is 2. The van der Waals surface area contributed by atoms with Crippen LogP contribution in [0.5, 0.6) is 0 Å². The lowest BCUT2D eigenvalue weighted by Gasteiger charge is -2.08. The van der Waals surface area contributed by atoms with E-state index in [2.05, 4.69) is 5.48 Å². The lowest BCUT2D eigenvalue weighted by molar-refractivity contribution is 0.388. The highest BCUT2D eigenvalue weighted by atomic mass is 16.5. The second-order valence-corrected chi connectivity index (χ2v) is 2.56. The van der Waals surface area contributed by atoms with Gasteiger partial charge in [0.05, 0.1) is 5.69 Å². The fourth-order valence-corrected chi connectivity index (χ4v) is 0.963. The highest BCUT2D eigenvalue weighted by Crippen LogP contribution is 2.22. The van der Waals surface area contributed by atoms with Crippen molar-refractivity contribution in [3.63, 3.8) is 0 Å². The van der Waals surface area contributed by atoms with Crippen molar-refractivity contribution in [1.29, 1.82) is 0 Å². The van der Waals surface area contributed by atoms with Gasteiger partial charge in [-0.15, -0.1) is 0 Å². The van der Waals surface area contributed by atoms with Crippen molar-refractivity contribution in [2.75, 3.05) is 11.2 Å². The van der Waals surface area contributed by atoms with Crippen LogP contribution in [0.4, 0.5) is 11.4 Å². The molecule has 0 aliphatic rings. The van der Waals surface area contributed by atoms with Crippen molar-refractivity contribution in [3.8, 4) is 0 Å². The Labute approximate surface area is 65.8 Å². The van der Waals surface area contributed by atoms with Gasteiger partial charge in [0.15, 0.2) is 0 Å². The van der Waals surface area contributed by atoms with E-state index in [0.29, 0.717) is 5.69 Å². The summed E-state index contributed by atoms with van der Waals surface area (Å²) in [4.78, 5) is 0. The van der Waals surface area contributed by atoms with Crippen LogP contribution < -0.4 is 11.2 Å². The molecule has 0 bridgehead atoms. The third-order valence-corrected chi connectivity index (χ3v) is 1.95. The van der Waals surface area contributed by atoms with Crippen LogP contribution in [-0.2, 0) is 0 Å². The summed E-state index contributed by atoms with van der Waals surface area (Å²) in [6.45, 7) is 3.83. The predicted molar refractivity (Wildman–Crippen MR) is 45.7 cm³/mol. The SMILES string of the molecule is Cc1c(N)ccc(NO)c1C. The van der Waals surface area contributed by atoms with Crippen LogP contribution in [0.2, 0.25) is 0 Å². The van der Waals surface area contributed by atoms with E-state index in [1.54, 1.807) is 12.1 Å². The van der Waals surface area contributed by atoms with Gasteiger partial charge in [0.25, 0.3) is 0 Å². The Hall–Kier alpha value is -1.22. The topological polar surface area (TPSA) is 58.3 Å². The Kier molecular flexibility index (Phi) is 2.01. The first kappa shape index (κ1) is 7.88. The molecule has 0 amide bonds. The third kappa shape index (κ3) is 1.28. The van der Waals surface area contributed by atoms with E-state index in [-0.39, 0.29) is 0 Å². The van der Waals surface area contributed by atoms with Gasteiger partial charge in [-0.3, -0.25) is 10.7 Å². The highest BCUT2D eigenvalue weighted by molar-refractivity contribution is 5.61. The molecule has 0 radical (unpaired) electrons. The van der Waals surface area contributed by atoms with Gasteiger partial charge in [-0.25, -0.2) is 0 Å². The van der Waals surface area contributed by atoms with Crippen LogP contribution >= 0.6 is 0 Å². The zero-order valence-corrected chi connectivity index (χ0v) is 6.68. The summed E-state index contributed by atoms with van der Waals surface area (Å²) in [5.74, 6) is 0. The summed E-state index contributed by atoms with van der Waals surface area (Å²) in [6, 6.07) is 3.51. The smallest absolute Gasteiger partial charge is 0.0635 e. The zero-order valence-electron chi connectivity index (χ0n) is 6.68. The molecule has 0 heterocycles. The number of nitrogen functional groups attached to an aromatic ring is 1. The first-order valence-corrected chi connectivity index (χ1v) is 3.42. The average molecular weight is 152 g/mol. The quantitative estimate of drug-likeness (QED) is 0.424. The standard InChI is InChI=1S/C8H12N2O/c1-5-6(2)8(10-11)4-3-7(5)9/h3-4,10-11H,9H2,1-2H3. The van der Waals surface area contributed by atoms with Gasteiger partial charge >= 0.3 is 0 Å². The van der Waals surface area contributed by atoms with Crippen molar-refractivity contribution < 1.29 is 5.21 Å². The van der Waals surface area contributed by atoms with Crippen molar-refractivity contribution in [2.45, 2.75) is 13.8 Å². The van der Waals surface area contributed by atoms with E-state index in [0.717, 1.165) is 16.8 Å². The Balaban J connectivity index is 3.25. The Morgan fingerprint density at radius 3 is 2.45 bits per heavy atom. The first-order valence-electron chi connectivity index (χ1n) is 3.42. The van der Waals surface area contributed by atoms with Gasteiger partial charge in [0.2, 0.25) is 0 Å². The molecular weight excluding hydrogens is 140 g/mol. The van der Waals surface area contributed by atoms with Crippen molar-refractivity contribution >= 4 is 11.4 Å². The molecule has 0 unspecified atom stereocenters. The summed E-state index contributed by atoms with van der Waals surface area (Å²) in [5, 5.41) is 8.64. The molecule has 0 aromatic heterocycles. The minimum atomic E-state index is 0.705. The minimum Gasteiger partial charge on any atom is -0.399 e. The third-order valence-electron chi connectivity index (χ3n) is 1.95. The Bertz CT molecular complexity index is 271. The maximum atomic E-state index is 8.64.